The smallest absolute Gasteiger partial charge is 0.255 e. The first kappa shape index (κ1) is 19.9. The van der Waals surface area contributed by atoms with Crippen LogP contribution >= 0.6 is 0 Å². The summed E-state index contributed by atoms with van der Waals surface area (Å²) in [7, 11) is 0. The largest absolute Gasteiger partial charge is 0.361 e. The fourth-order valence-electron chi connectivity index (χ4n) is 4.17. The van der Waals surface area contributed by atoms with Crippen molar-refractivity contribution in [3.63, 3.8) is 0 Å². The Bertz CT molecular complexity index is 1310. The van der Waals surface area contributed by atoms with E-state index in [0.29, 0.717) is 16.7 Å². The average Bonchev–Trinajstić information content (AvgIpc) is 3.23. The number of benzene rings is 3. The van der Waals surface area contributed by atoms with Crippen LogP contribution in [0.4, 0.5) is 8.78 Å². The molecule has 2 heterocycles. The lowest BCUT2D eigenvalue weighted by atomic mass is 9.93. The summed E-state index contributed by atoms with van der Waals surface area (Å²) in [5, 5.41) is 3.60. The van der Waals surface area contributed by atoms with Crippen molar-refractivity contribution in [3.05, 3.63) is 107 Å². The molecule has 1 aromatic heterocycles. The molecule has 3 aromatic carbocycles. The van der Waals surface area contributed by atoms with Gasteiger partial charge in [-0.15, -0.1) is 0 Å². The van der Waals surface area contributed by atoms with Crippen LogP contribution in [0.25, 0.3) is 10.9 Å². The Morgan fingerprint density at radius 3 is 2.28 bits per heavy atom. The molecule has 0 saturated carbocycles. The SMILES string of the molecule is O=C(NCc1ccc(F)cc1)C1c2c[nH]c3cccc(c23)C(=O)N1Cc1ccc(F)cc1. The van der Waals surface area contributed by atoms with Crippen molar-refractivity contribution < 1.29 is 18.4 Å². The third-order valence-electron chi connectivity index (χ3n) is 5.73. The van der Waals surface area contributed by atoms with E-state index < -0.39 is 6.04 Å². The lowest BCUT2D eigenvalue weighted by molar-refractivity contribution is -0.126. The normalized spacial score (nSPS) is 15.2. The number of nitrogens with one attached hydrogen (secondary N) is 2. The first-order chi connectivity index (χ1) is 15.5. The zero-order chi connectivity index (χ0) is 22.2. The van der Waals surface area contributed by atoms with E-state index in [-0.39, 0.29) is 36.5 Å². The van der Waals surface area contributed by atoms with Gasteiger partial charge in [-0.25, -0.2) is 8.78 Å². The second-order valence-corrected chi connectivity index (χ2v) is 7.78. The second kappa shape index (κ2) is 7.92. The average molecular weight is 431 g/mol. The number of amides is 2. The van der Waals surface area contributed by atoms with Gasteiger partial charge in [-0.1, -0.05) is 30.3 Å². The highest BCUT2D eigenvalue weighted by Crippen LogP contribution is 2.38. The van der Waals surface area contributed by atoms with Crippen LogP contribution in [0.3, 0.4) is 0 Å². The predicted molar refractivity (Wildman–Crippen MR) is 116 cm³/mol. The van der Waals surface area contributed by atoms with E-state index in [1.807, 2.05) is 6.07 Å². The van der Waals surface area contributed by atoms with Crippen LogP contribution in [-0.2, 0) is 17.9 Å². The summed E-state index contributed by atoms with van der Waals surface area (Å²) < 4.78 is 26.5. The topological polar surface area (TPSA) is 65.2 Å². The molecule has 160 valence electrons. The summed E-state index contributed by atoms with van der Waals surface area (Å²) in [5.41, 5.74) is 3.45. The Morgan fingerprint density at radius 2 is 1.59 bits per heavy atom. The molecular weight excluding hydrogens is 412 g/mol. The standard InChI is InChI=1S/C25H19F2N3O2/c26-17-8-4-15(5-9-17)12-29-24(31)23-20-13-28-21-3-1-2-19(22(20)21)25(32)30(23)14-16-6-10-18(27)11-7-16/h1-11,13,23,28H,12,14H2,(H,29,31). The molecule has 5 rings (SSSR count). The molecule has 0 fully saturated rings. The molecule has 2 N–H and O–H groups in total. The molecule has 1 aliphatic heterocycles. The molecule has 7 heteroatoms. The van der Waals surface area contributed by atoms with Crippen LogP contribution in [0.15, 0.2) is 72.9 Å². The van der Waals surface area contributed by atoms with Gasteiger partial charge < -0.3 is 15.2 Å². The summed E-state index contributed by atoms with van der Waals surface area (Å²) in [6.07, 6.45) is 1.75. The molecule has 32 heavy (non-hydrogen) atoms. The maximum absolute atomic E-state index is 13.4. The molecule has 0 radical (unpaired) electrons. The Labute approximate surface area is 182 Å². The molecule has 4 aromatic rings. The monoisotopic (exact) mass is 431 g/mol. The number of nitrogens with zero attached hydrogens (tertiary/aromatic N) is 1. The van der Waals surface area contributed by atoms with E-state index in [4.69, 9.17) is 0 Å². The van der Waals surface area contributed by atoms with Crippen molar-refractivity contribution in [1.29, 1.82) is 0 Å². The van der Waals surface area contributed by atoms with Crippen LogP contribution in [0, 0.1) is 11.6 Å². The van der Waals surface area contributed by atoms with Gasteiger partial charge in [-0.2, -0.15) is 0 Å². The highest BCUT2D eigenvalue weighted by molar-refractivity contribution is 6.12. The first-order valence-electron chi connectivity index (χ1n) is 10.2. The molecule has 1 atom stereocenters. The third-order valence-corrected chi connectivity index (χ3v) is 5.73. The summed E-state index contributed by atoms with van der Waals surface area (Å²) in [4.78, 5) is 31.4. The summed E-state index contributed by atoms with van der Waals surface area (Å²) in [6.45, 7) is 0.345. The number of carbonyl (C=O) groups excluding carboxylic acids is 2. The third kappa shape index (κ3) is 3.51. The van der Waals surface area contributed by atoms with Crippen LogP contribution < -0.4 is 5.32 Å². The van der Waals surface area contributed by atoms with E-state index in [9.17, 15) is 18.4 Å². The lowest BCUT2D eigenvalue weighted by Crippen LogP contribution is -2.45. The van der Waals surface area contributed by atoms with Gasteiger partial charge in [0.05, 0.1) is 0 Å². The van der Waals surface area contributed by atoms with Crippen molar-refractivity contribution in [1.82, 2.24) is 15.2 Å². The number of aromatic nitrogens is 1. The van der Waals surface area contributed by atoms with E-state index in [0.717, 1.165) is 16.5 Å². The van der Waals surface area contributed by atoms with Crippen molar-refractivity contribution in [3.8, 4) is 0 Å². The molecule has 0 aliphatic carbocycles. The lowest BCUT2D eigenvalue weighted by Gasteiger charge is -2.34. The number of halogens is 2. The van der Waals surface area contributed by atoms with E-state index in [1.165, 1.54) is 29.2 Å². The molecular formula is C25H19F2N3O2. The van der Waals surface area contributed by atoms with Gasteiger partial charge in [0.1, 0.15) is 17.7 Å². The molecule has 0 saturated heterocycles. The Hall–Kier alpha value is -4.00. The number of hydrogen-bond acceptors (Lipinski definition) is 2. The van der Waals surface area contributed by atoms with Crippen LogP contribution in [0.1, 0.15) is 33.1 Å². The second-order valence-electron chi connectivity index (χ2n) is 7.78. The minimum absolute atomic E-state index is 0.148. The van der Waals surface area contributed by atoms with Gasteiger partial charge in [0.15, 0.2) is 0 Å². The summed E-state index contributed by atoms with van der Waals surface area (Å²) in [6, 6.07) is 16.3. The van der Waals surface area contributed by atoms with Crippen molar-refractivity contribution in [2.75, 3.05) is 0 Å². The maximum Gasteiger partial charge on any atom is 0.255 e. The van der Waals surface area contributed by atoms with Crippen LogP contribution in [0.2, 0.25) is 0 Å². The highest BCUT2D eigenvalue weighted by Gasteiger charge is 2.39. The molecule has 2 amide bonds. The van der Waals surface area contributed by atoms with E-state index in [1.54, 1.807) is 42.6 Å². The quantitative estimate of drug-likeness (QED) is 0.490. The maximum atomic E-state index is 13.4. The van der Waals surface area contributed by atoms with Crippen LogP contribution in [-0.4, -0.2) is 21.7 Å². The fourth-order valence-corrected chi connectivity index (χ4v) is 4.17. The predicted octanol–water partition coefficient (Wildman–Crippen LogP) is 4.46. The first-order valence-corrected chi connectivity index (χ1v) is 10.2. The van der Waals surface area contributed by atoms with Gasteiger partial charge in [-0.05, 0) is 47.5 Å². The minimum atomic E-state index is -0.864. The van der Waals surface area contributed by atoms with Gasteiger partial charge in [0, 0.05) is 41.3 Å². The highest BCUT2D eigenvalue weighted by atomic mass is 19.1. The molecule has 1 unspecified atom stereocenters. The number of aromatic amines is 1. The van der Waals surface area contributed by atoms with Gasteiger partial charge in [-0.3, -0.25) is 9.59 Å². The summed E-state index contributed by atoms with van der Waals surface area (Å²) in [5.74, 6) is -1.34. The number of H-pyrrole nitrogens is 1. The number of hydrogen-bond donors (Lipinski definition) is 2. The number of rotatable bonds is 5. The molecule has 5 nitrogen and oxygen atoms in total. The Kier molecular flexibility index (Phi) is 4.93. The molecule has 0 spiro atoms. The molecule has 0 bridgehead atoms. The van der Waals surface area contributed by atoms with E-state index in [2.05, 4.69) is 10.3 Å². The Balaban J connectivity index is 1.50. The van der Waals surface area contributed by atoms with Crippen LogP contribution in [0.5, 0.6) is 0 Å². The zero-order valence-electron chi connectivity index (χ0n) is 16.9. The number of carbonyl (C=O) groups is 2. The molecule has 1 aliphatic rings. The van der Waals surface area contributed by atoms with Gasteiger partial charge in [0.2, 0.25) is 5.91 Å². The fraction of sp³-hybridized carbons (Fsp3) is 0.120. The van der Waals surface area contributed by atoms with Crippen molar-refractivity contribution in [2.45, 2.75) is 19.1 Å². The van der Waals surface area contributed by atoms with E-state index >= 15 is 0 Å². The van der Waals surface area contributed by atoms with Crippen molar-refractivity contribution >= 4 is 22.7 Å². The Morgan fingerprint density at radius 1 is 0.938 bits per heavy atom. The minimum Gasteiger partial charge on any atom is -0.361 e. The summed E-state index contributed by atoms with van der Waals surface area (Å²) >= 11 is 0. The van der Waals surface area contributed by atoms with Gasteiger partial charge >= 0.3 is 0 Å². The zero-order valence-corrected chi connectivity index (χ0v) is 16.9. The van der Waals surface area contributed by atoms with Crippen molar-refractivity contribution in [2.24, 2.45) is 0 Å². The van der Waals surface area contributed by atoms with Gasteiger partial charge in [0.25, 0.3) is 5.91 Å².